The second-order valence-corrected chi connectivity index (χ2v) is 4.76. The lowest BCUT2D eigenvalue weighted by atomic mass is 9.81. The summed E-state index contributed by atoms with van der Waals surface area (Å²) in [6, 6.07) is 0.425. The summed E-state index contributed by atoms with van der Waals surface area (Å²) < 4.78 is 0. The van der Waals surface area contributed by atoms with Crippen LogP contribution in [0.5, 0.6) is 0 Å². The molecule has 14 heavy (non-hydrogen) atoms. The van der Waals surface area contributed by atoms with Gasteiger partial charge >= 0.3 is 0 Å². The van der Waals surface area contributed by atoms with Gasteiger partial charge in [-0.15, -0.1) is 0 Å². The maximum atomic E-state index is 9.64. The largest absolute Gasteiger partial charge is 0.397 e. The van der Waals surface area contributed by atoms with Crippen LogP contribution in [0.15, 0.2) is 0 Å². The number of nitrogens with one attached hydrogen (secondary N) is 1. The van der Waals surface area contributed by atoms with Gasteiger partial charge in [-0.3, -0.25) is 0 Å². The molecule has 3 heteroatoms. The molecule has 86 valence electrons. The van der Waals surface area contributed by atoms with Crippen molar-refractivity contribution in [1.29, 1.82) is 0 Å². The van der Waals surface area contributed by atoms with Crippen molar-refractivity contribution in [2.24, 2.45) is 5.92 Å². The molecule has 1 rings (SSSR count). The Bertz CT molecular complexity index is 145. The van der Waals surface area contributed by atoms with E-state index < -0.39 is 0 Å². The van der Waals surface area contributed by atoms with Crippen molar-refractivity contribution in [3.05, 3.63) is 0 Å². The SMILES string of the molecule is CC1NC(C)(C)CC(O)C1C.CCO. The van der Waals surface area contributed by atoms with Crippen molar-refractivity contribution in [2.45, 2.75) is 58.7 Å². The van der Waals surface area contributed by atoms with E-state index in [0.717, 1.165) is 6.42 Å². The summed E-state index contributed by atoms with van der Waals surface area (Å²) in [7, 11) is 0. The fourth-order valence-electron chi connectivity index (χ4n) is 1.85. The standard InChI is InChI=1S/C9H19NO.C2H6O/c1-6-7(2)10-9(3,4)5-8(6)11;1-2-3/h6-8,10-11H,5H2,1-4H3;3H,2H2,1H3. The second kappa shape index (κ2) is 5.69. The zero-order chi connectivity index (χ0) is 11.4. The molecule has 0 aromatic carbocycles. The van der Waals surface area contributed by atoms with Gasteiger partial charge in [-0.05, 0) is 40.0 Å². The summed E-state index contributed by atoms with van der Waals surface area (Å²) in [6.07, 6.45) is 0.722. The minimum atomic E-state index is -0.138. The average molecular weight is 203 g/mol. The van der Waals surface area contributed by atoms with Crippen LogP contribution in [-0.2, 0) is 0 Å². The third-order valence-electron chi connectivity index (χ3n) is 2.73. The number of aliphatic hydroxyl groups excluding tert-OH is 2. The van der Waals surface area contributed by atoms with Crippen molar-refractivity contribution >= 4 is 0 Å². The van der Waals surface area contributed by atoms with Crippen molar-refractivity contribution in [3.63, 3.8) is 0 Å². The van der Waals surface area contributed by atoms with Gasteiger partial charge < -0.3 is 15.5 Å². The van der Waals surface area contributed by atoms with Gasteiger partial charge in [0.15, 0.2) is 0 Å². The lowest BCUT2D eigenvalue weighted by Gasteiger charge is -2.42. The van der Waals surface area contributed by atoms with Crippen LogP contribution >= 0.6 is 0 Å². The Morgan fingerprint density at radius 3 is 2.14 bits per heavy atom. The summed E-state index contributed by atoms with van der Waals surface area (Å²) >= 11 is 0. The van der Waals surface area contributed by atoms with E-state index in [0.29, 0.717) is 12.0 Å². The van der Waals surface area contributed by atoms with Crippen molar-refractivity contribution in [3.8, 4) is 0 Å². The van der Waals surface area contributed by atoms with E-state index in [1.165, 1.54) is 0 Å². The van der Waals surface area contributed by atoms with Gasteiger partial charge in [-0.2, -0.15) is 0 Å². The molecular formula is C11H25NO2. The topological polar surface area (TPSA) is 52.5 Å². The fourth-order valence-corrected chi connectivity index (χ4v) is 1.85. The molecule has 1 fully saturated rings. The highest BCUT2D eigenvalue weighted by Crippen LogP contribution is 2.26. The summed E-state index contributed by atoms with van der Waals surface area (Å²) in [6.45, 7) is 10.4. The Kier molecular flexibility index (Phi) is 5.64. The quantitative estimate of drug-likeness (QED) is 0.553. The van der Waals surface area contributed by atoms with E-state index in [-0.39, 0.29) is 18.2 Å². The Labute approximate surface area is 87.5 Å². The first-order valence-electron chi connectivity index (χ1n) is 5.40. The van der Waals surface area contributed by atoms with Gasteiger partial charge in [-0.1, -0.05) is 6.92 Å². The molecule has 3 unspecified atom stereocenters. The van der Waals surface area contributed by atoms with E-state index in [9.17, 15) is 5.11 Å². The lowest BCUT2D eigenvalue weighted by Crippen LogP contribution is -2.56. The monoisotopic (exact) mass is 203 g/mol. The summed E-state index contributed by atoms with van der Waals surface area (Å²) in [4.78, 5) is 0. The molecule has 1 saturated heterocycles. The van der Waals surface area contributed by atoms with Crippen molar-refractivity contribution in [2.75, 3.05) is 6.61 Å². The zero-order valence-electron chi connectivity index (χ0n) is 10.0. The normalized spacial score (nSPS) is 35.8. The van der Waals surface area contributed by atoms with Gasteiger partial charge in [0.05, 0.1) is 6.10 Å². The third kappa shape index (κ3) is 4.40. The van der Waals surface area contributed by atoms with Gasteiger partial charge in [0.2, 0.25) is 0 Å². The van der Waals surface area contributed by atoms with Crippen LogP contribution in [0.3, 0.4) is 0 Å². The van der Waals surface area contributed by atoms with Gasteiger partial charge in [-0.25, -0.2) is 0 Å². The predicted molar refractivity (Wildman–Crippen MR) is 59.2 cm³/mol. The minimum Gasteiger partial charge on any atom is -0.397 e. The molecule has 1 aliphatic heterocycles. The Balaban J connectivity index is 0.000000500. The first-order valence-corrected chi connectivity index (χ1v) is 5.40. The number of rotatable bonds is 0. The highest BCUT2D eigenvalue weighted by molar-refractivity contribution is 4.93. The zero-order valence-corrected chi connectivity index (χ0v) is 10.0. The lowest BCUT2D eigenvalue weighted by molar-refractivity contribution is 0.0229. The predicted octanol–water partition coefficient (Wildman–Crippen LogP) is 1.14. The molecule has 0 aliphatic carbocycles. The molecule has 0 radical (unpaired) electrons. The molecule has 0 saturated carbocycles. The van der Waals surface area contributed by atoms with E-state index in [4.69, 9.17) is 5.11 Å². The Morgan fingerprint density at radius 1 is 1.36 bits per heavy atom. The van der Waals surface area contributed by atoms with Crippen LogP contribution in [0.1, 0.15) is 41.0 Å². The van der Waals surface area contributed by atoms with E-state index >= 15 is 0 Å². The highest BCUT2D eigenvalue weighted by atomic mass is 16.3. The van der Waals surface area contributed by atoms with E-state index in [1.807, 2.05) is 0 Å². The molecule has 1 aliphatic rings. The third-order valence-corrected chi connectivity index (χ3v) is 2.73. The number of hydrogen-bond acceptors (Lipinski definition) is 3. The Morgan fingerprint density at radius 2 is 1.79 bits per heavy atom. The van der Waals surface area contributed by atoms with E-state index in [2.05, 4.69) is 33.0 Å². The first-order chi connectivity index (χ1) is 6.34. The average Bonchev–Trinajstić information content (AvgIpc) is 2.00. The fraction of sp³-hybridized carbons (Fsp3) is 1.00. The number of hydrogen-bond donors (Lipinski definition) is 3. The van der Waals surface area contributed by atoms with Crippen molar-refractivity contribution < 1.29 is 10.2 Å². The molecule has 0 aromatic heterocycles. The molecule has 0 amide bonds. The summed E-state index contributed by atoms with van der Waals surface area (Å²) in [5.74, 6) is 0.378. The molecule has 3 nitrogen and oxygen atoms in total. The highest BCUT2D eigenvalue weighted by Gasteiger charge is 2.35. The van der Waals surface area contributed by atoms with Crippen LogP contribution < -0.4 is 5.32 Å². The first kappa shape index (κ1) is 13.9. The molecule has 0 spiro atoms. The molecule has 0 aromatic rings. The van der Waals surface area contributed by atoms with Crippen LogP contribution in [0.4, 0.5) is 0 Å². The number of piperidine rings is 1. The van der Waals surface area contributed by atoms with Crippen LogP contribution in [0.2, 0.25) is 0 Å². The maximum absolute atomic E-state index is 9.64. The van der Waals surface area contributed by atoms with Gasteiger partial charge in [0.25, 0.3) is 0 Å². The molecular weight excluding hydrogens is 178 g/mol. The second-order valence-electron chi connectivity index (χ2n) is 4.76. The number of aliphatic hydroxyl groups is 2. The van der Waals surface area contributed by atoms with Crippen LogP contribution in [0.25, 0.3) is 0 Å². The molecule has 3 atom stereocenters. The van der Waals surface area contributed by atoms with Crippen LogP contribution in [-0.4, -0.2) is 34.5 Å². The van der Waals surface area contributed by atoms with Gasteiger partial charge in [0.1, 0.15) is 0 Å². The Hall–Kier alpha value is -0.120. The van der Waals surface area contributed by atoms with E-state index in [1.54, 1.807) is 6.92 Å². The smallest absolute Gasteiger partial charge is 0.0597 e. The molecule has 0 bridgehead atoms. The molecule has 1 heterocycles. The minimum absolute atomic E-state index is 0.103. The molecule has 3 N–H and O–H groups in total. The maximum Gasteiger partial charge on any atom is 0.0597 e. The van der Waals surface area contributed by atoms with Crippen molar-refractivity contribution in [1.82, 2.24) is 5.32 Å². The van der Waals surface area contributed by atoms with Gasteiger partial charge in [0, 0.05) is 18.2 Å². The van der Waals surface area contributed by atoms with Crippen LogP contribution in [0, 0.1) is 5.92 Å². The summed E-state index contributed by atoms with van der Waals surface area (Å²) in [5, 5.41) is 20.7. The summed E-state index contributed by atoms with van der Waals surface area (Å²) in [5.41, 5.74) is 0.103.